The second-order valence-corrected chi connectivity index (χ2v) is 5.76. The highest BCUT2D eigenvalue weighted by atomic mass is 35.5. The highest BCUT2D eigenvalue weighted by molar-refractivity contribution is 5.85. The van der Waals surface area contributed by atoms with Crippen molar-refractivity contribution in [2.75, 3.05) is 26.7 Å². The molecule has 0 aromatic heterocycles. The van der Waals surface area contributed by atoms with Crippen molar-refractivity contribution in [1.29, 1.82) is 0 Å². The summed E-state index contributed by atoms with van der Waals surface area (Å²) in [4.78, 5) is 14.2. The van der Waals surface area contributed by atoms with Gasteiger partial charge in [0, 0.05) is 25.7 Å². The van der Waals surface area contributed by atoms with E-state index in [1.54, 1.807) is 0 Å². The maximum Gasteiger partial charge on any atom is 0.226 e. The van der Waals surface area contributed by atoms with E-state index in [2.05, 4.69) is 17.3 Å². The van der Waals surface area contributed by atoms with Crippen LogP contribution in [0.1, 0.15) is 39.5 Å². The van der Waals surface area contributed by atoms with Crippen LogP contribution in [0.25, 0.3) is 0 Å². The summed E-state index contributed by atoms with van der Waals surface area (Å²) in [5.41, 5.74) is 5.11. The number of amides is 1. The number of likely N-dealkylation sites (N-methyl/N-ethyl adjacent to an activating group) is 1. The summed E-state index contributed by atoms with van der Waals surface area (Å²) in [5, 5.41) is 2.97. The van der Waals surface area contributed by atoms with Gasteiger partial charge < -0.3 is 16.0 Å². The van der Waals surface area contributed by atoms with Gasteiger partial charge in [-0.15, -0.1) is 24.8 Å². The molecule has 1 fully saturated rings. The van der Waals surface area contributed by atoms with E-state index in [4.69, 9.17) is 5.73 Å². The molecule has 6 heteroatoms. The number of nitrogens with two attached hydrogens (primary N) is 1. The summed E-state index contributed by atoms with van der Waals surface area (Å²) in [7, 11) is 2.15. The highest BCUT2D eigenvalue weighted by Crippen LogP contribution is 2.21. The Labute approximate surface area is 129 Å². The summed E-state index contributed by atoms with van der Waals surface area (Å²) in [6.45, 7) is 5.79. The third-order valence-electron chi connectivity index (χ3n) is 3.82. The Morgan fingerprint density at radius 1 is 1.32 bits per heavy atom. The quantitative estimate of drug-likeness (QED) is 0.786. The van der Waals surface area contributed by atoms with Crippen molar-refractivity contribution in [3.63, 3.8) is 0 Å². The van der Waals surface area contributed by atoms with Crippen LogP contribution >= 0.6 is 24.8 Å². The van der Waals surface area contributed by atoms with Crippen molar-refractivity contribution < 1.29 is 4.79 Å². The molecule has 0 radical (unpaired) electrons. The number of hydrogen-bond donors (Lipinski definition) is 2. The van der Waals surface area contributed by atoms with Crippen molar-refractivity contribution in [3.05, 3.63) is 0 Å². The fraction of sp³-hybridized carbons (Fsp3) is 0.923. The molecule has 0 spiro atoms. The van der Waals surface area contributed by atoms with E-state index in [9.17, 15) is 4.79 Å². The van der Waals surface area contributed by atoms with Gasteiger partial charge in [0.1, 0.15) is 0 Å². The molecule has 1 aliphatic rings. The average molecular weight is 314 g/mol. The van der Waals surface area contributed by atoms with Crippen LogP contribution in [0.15, 0.2) is 0 Å². The Hall–Kier alpha value is -0.0300. The van der Waals surface area contributed by atoms with E-state index in [-0.39, 0.29) is 30.7 Å². The molecule has 1 amide bonds. The van der Waals surface area contributed by atoms with Gasteiger partial charge in [-0.05, 0) is 33.7 Å². The second-order valence-electron chi connectivity index (χ2n) is 5.76. The molecule has 0 unspecified atom stereocenters. The largest absolute Gasteiger partial charge is 0.354 e. The van der Waals surface area contributed by atoms with Gasteiger partial charge in [0.2, 0.25) is 5.91 Å². The lowest BCUT2D eigenvalue weighted by Crippen LogP contribution is -2.45. The predicted octanol–water partition coefficient (Wildman–Crippen LogP) is 1.81. The van der Waals surface area contributed by atoms with Crippen molar-refractivity contribution in [2.45, 2.75) is 45.6 Å². The van der Waals surface area contributed by atoms with E-state index >= 15 is 0 Å². The minimum atomic E-state index is -0.452. The van der Waals surface area contributed by atoms with Crippen LogP contribution in [-0.4, -0.2) is 43.5 Å². The van der Waals surface area contributed by atoms with Crippen LogP contribution in [-0.2, 0) is 4.79 Å². The minimum Gasteiger partial charge on any atom is -0.354 e. The van der Waals surface area contributed by atoms with Crippen LogP contribution in [0.4, 0.5) is 0 Å². The third-order valence-corrected chi connectivity index (χ3v) is 3.82. The van der Waals surface area contributed by atoms with Gasteiger partial charge in [0.05, 0.1) is 5.41 Å². The van der Waals surface area contributed by atoms with Gasteiger partial charge in [-0.2, -0.15) is 0 Å². The molecule has 116 valence electrons. The van der Waals surface area contributed by atoms with Gasteiger partial charge in [-0.25, -0.2) is 0 Å². The molecule has 1 saturated carbocycles. The molecule has 0 heterocycles. The number of carbonyl (C=O) groups is 1. The fourth-order valence-electron chi connectivity index (χ4n) is 2.21. The molecule has 0 aromatic carbocycles. The van der Waals surface area contributed by atoms with Crippen molar-refractivity contribution in [2.24, 2.45) is 11.1 Å². The predicted molar refractivity (Wildman–Crippen MR) is 85.2 cm³/mol. The van der Waals surface area contributed by atoms with Gasteiger partial charge in [0.25, 0.3) is 0 Å². The molecular weight excluding hydrogens is 285 g/mol. The first-order chi connectivity index (χ1) is 7.97. The number of rotatable bonds is 6. The van der Waals surface area contributed by atoms with E-state index in [1.807, 2.05) is 13.8 Å². The van der Waals surface area contributed by atoms with Crippen LogP contribution in [0.3, 0.4) is 0 Å². The molecule has 0 bridgehead atoms. The molecule has 1 rings (SSSR count). The molecule has 0 aromatic rings. The molecule has 19 heavy (non-hydrogen) atoms. The fourth-order valence-corrected chi connectivity index (χ4v) is 2.21. The summed E-state index contributed by atoms with van der Waals surface area (Å²) in [6, 6.07) is 0.717. The topological polar surface area (TPSA) is 58.4 Å². The molecular formula is C13H29Cl2N3O. The van der Waals surface area contributed by atoms with Gasteiger partial charge >= 0.3 is 0 Å². The second kappa shape index (κ2) is 9.81. The number of nitrogens with one attached hydrogen (secondary N) is 1. The number of halogens is 2. The van der Waals surface area contributed by atoms with E-state index in [0.717, 1.165) is 19.1 Å². The minimum absolute atomic E-state index is 0. The van der Waals surface area contributed by atoms with Crippen LogP contribution in [0.2, 0.25) is 0 Å². The van der Waals surface area contributed by atoms with E-state index in [0.29, 0.717) is 6.54 Å². The van der Waals surface area contributed by atoms with Gasteiger partial charge in [-0.1, -0.05) is 12.8 Å². The Bertz CT molecular complexity index is 256. The monoisotopic (exact) mass is 313 g/mol. The van der Waals surface area contributed by atoms with E-state index < -0.39 is 5.41 Å². The zero-order chi connectivity index (χ0) is 12.9. The van der Waals surface area contributed by atoms with Crippen molar-refractivity contribution >= 4 is 30.7 Å². The van der Waals surface area contributed by atoms with Crippen molar-refractivity contribution in [3.8, 4) is 0 Å². The lowest BCUT2D eigenvalue weighted by Gasteiger charge is -2.26. The Kier molecular flexibility index (Phi) is 11.0. The zero-order valence-corrected chi connectivity index (χ0v) is 13.9. The summed E-state index contributed by atoms with van der Waals surface area (Å²) < 4.78 is 0. The number of carbonyl (C=O) groups excluding carboxylic acids is 1. The maximum atomic E-state index is 11.8. The SMILES string of the molecule is CN(CCNC(=O)C(C)(C)CN)C1CCCC1.Cl.Cl. The molecule has 0 saturated heterocycles. The van der Waals surface area contributed by atoms with E-state index in [1.165, 1.54) is 25.7 Å². The lowest BCUT2D eigenvalue weighted by atomic mass is 9.93. The first-order valence-corrected chi connectivity index (χ1v) is 6.66. The van der Waals surface area contributed by atoms with Gasteiger partial charge in [0.15, 0.2) is 0 Å². The van der Waals surface area contributed by atoms with Crippen molar-refractivity contribution in [1.82, 2.24) is 10.2 Å². The Morgan fingerprint density at radius 3 is 2.32 bits per heavy atom. The average Bonchev–Trinajstić information content (AvgIpc) is 2.82. The van der Waals surface area contributed by atoms with Gasteiger partial charge in [-0.3, -0.25) is 4.79 Å². The summed E-state index contributed by atoms with van der Waals surface area (Å²) in [6.07, 6.45) is 5.31. The zero-order valence-electron chi connectivity index (χ0n) is 12.3. The summed E-state index contributed by atoms with van der Waals surface area (Å²) in [5.74, 6) is 0.0554. The van der Waals surface area contributed by atoms with Crippen LogP contribution in [0.5, 0.6) is 0 Å². The first-order valence-electron chi connectivity index (χ1n) is 6.66. The molecule has 3 N–H and O–H groups in total. The first kappa shape index (κ1) is 21.3. The molecule has 1 aliphatic carbocycles. The molecule has 4 nitrogen and oxygen atoms in total. The standard InChI is InChI=1S/C13H27N3O.2ClH/c1-13(2,10-14)12(17)15-8-9-16(3)11-6-4-5-7-11;;/h11H,4-10,14H2,1-3H3,(H,15,17);2*1H. The highest BCUT2D eigenvalue weighted by Gasteiger charge is 2.25. The molecule has 0 atom stereocenters. The molecule has 0 aliphatic heterocycles. The third kappa shape index (κ3) is 6.80. The maximum absolute atomic E-state index is 11.8. The Morgan fingerprint density at radius 2 is 1.84 bits per heavy atom. The normalized spacial score (nSPS) is 15.8. The number of nitrogens with zero attached hydrogens (tertiary/aromatic N) is 1. The number of hydrogen-bond acceptors (Lipinski definition) is 3. The Balaban J connectivity index is 0. The lowest BCUT2D eigenvalue weighted by molar-refractivity contribution is -0.128. The van der Waals surface area contributed by atoms with Crippen LogP contribution < -0.4 is 11.1 Å². The summed E-state index contributed by atoms with van der Waals surface area (Å²) >= 11 is 0. The smallest absolute Gasteiger partial charge is 0.226 e. The van der Waals surface area contributed by atoms with Crippen LogP contribution in [0, 0.1) is 5.41 Å².